The molecule has 2 bridgehead atoms. The molecule has 22 heteroatoms. The Kier molecular flexibility index (Phi) is 7.69. The molecule has 0 radical (unpaired) electrons. The average Bonchev–Trinajstić information content (AvgIpc) is 3.73. The van der Waals surface area contributed by atoms with Gasteiger partial charge in [0.25, 0.3) is 0 Å². The van der Waals surface area contributed by atoms with E-state index in [0.29, 0.717) is 16.4 Å². The van der Waals surface area contributed by atoms with E-state index in [4.69, 9.17) is 39.0 Å². The summed E-state index contributed by atoms with van der Waals surface area (Å²) in [4.78, 5) is 16.3. The van der Waals surface area contributed by atoms with Crippen LogP contribution in [0.3, 0.4) is 0 Å². The lowest BCUT2D eigenvalue weighted by molar-refractivity contribution is -0.0566. The number of thiol groups is 2. The summed E-state index contributed by atoms with van der Waals surface area (Å²) in [5, 5.41) is 12.1. The largest absolute Gasteiger partial charge is 0.387 e. The molecule has 5 N–H and O–H groups in total. The van der Waals surface area contributed by atoms with Crippen LogP contribution in [0.1, 0.15) is 12.5 Å². The second kappa shape index (κ2) is 11.2. The predicted octanol–water partition coefficient (Wildman–Crippen LogP) is 2.43. The molecule has 4 aromatic rings. The van der Waals surface area contributed by atoms with Crippen molar-refractivity contribution in [3.05, 3.63) is 37.2 Å². The van der Waals surface area contributed by atoms with E-state index in [0.717, 1.165) is 0 Å². The molecule has 4 aromatic heterocycles. The average molecular weight is 691 g/mol. The number of nitrogens with two attached hydrogens (primary N) is 2. The first-order chi connectivity index (χ1) is 20.9. The van der Waals surface area contributed by atoms with Gasteiger partial charge in [-0.1, -0.05) is 24.5 Å². The number of halogens is 1. The molecule has 44 heavy (non-hydrogen) atoms. The highest BCUT2D eigenvalue weighted by Gasteiger charge is 2.53. The van der Waals surface area contributed by atoms with Crippen LogP contribution in [-0.4, -0.2) is 84.1 Å². The minimum absolute atomic E-state index is 0.173. The zero-order valence-electron chi connectivity index (χ0n) is 22.2. The summed E-state index contributed by atoms with van der Waals surface area (Å²) in [6.45, 7) is -9.79. The Morgan fingerprint density at radius 1 is 0.818 bits per heavy atom. The Morgan fingerprint density at radius 2 is 1.32 bits per heavy atom. The van der Waals surface area contributed by atoms with Crippen molar-refractivity contribution in [1.82, 2.24) is 29.1 Å². The highest BCUT2D eigenvalue weighted by atomic mass is 32.7. The first-order valence-electron chi connectivity index (χ1n) is 13.0. The normalized spacial score (nSPS) is 38.3. The van der Waals surface area contributed by atoms with Crippen LogP contribution >= 0.6 is 38.1 Å². The van der Waals surface area contributed by atoms with Crippen LogP contribution < -0.4 is 11.5 Å². The number of alkyl halides is 1. The van der Waals surface area contributed by atoms with Crippen LogP contribution in [0.15, 0.2) is 37.2 Å². The molecule has 3 aliphatic heterocycles. The quantitative estimate of drug-likeness (QED) is 0.151. The van der Waals surface area contributed by atoms with E-state index in [2.05, 4.69) is 44.4 Å². The fraction of sp³-hybridized carbons (Fsp3) is 0.455. The Morgan fingerprint density at radius 3 is 1.91 bits per heavy atom. The van der Waals surface area contributed by atoms with E-state index in [9.17, 15) is 14.2 Å². The van der Waals surface area contributed by atoms with E-state index < -0.39 is 76.0 Å². The standard InChI is InChI=1S/C22H25FN8O9P2S2/c23-13-15-12(38-21(13)30-3-1-9-17(24)26-7-28-19(9)30)6-36-42(34,44)40-16-14(32)11(5-35-41(33,43)39-15)37-22(16)31-4-2-10-18(25)27-8-29-20(10)31/h1-4,7-8,11-16,21-22,32H,5-6H2,(H,33,43)(H,34,44)(H2,24,26,28)(H2,25,27,29)/t11-,12?,13-,14-,15-,16-,21-,22-,41?,42?/m1/s1. The predicted molar refractivity (Wildman–Crippen MR) is 157 cm³/mol. The third-order valence-electron chi connectivity index (χ3n) is 7.52. The lowest BCUT2D eigenvalue weighted by atomic mass is 10.1. The highest BCUT2D eigenvalue weighted by molar-refractivity contribution is 8.44. The summed E-state index contributed by atoms with van der Waals surface area (Å²) in [5.74, 6) is 0.370. The molecule has 10 atom stereocenters. The molecule has 3 unspecified atom stereocenters. The Bertz CT molecular complexity index is 1830. The number of aromatic nitrogens is 6. The number of aliphatic hydroxyl groups is 1. The van der Waals surface area contributed by atoms with Crippen molar-refractivity contribution < 1.29 is 46.2 Å². The third kappa shape index (κ3) is 5.31. The molecule has 0 aliphatic carbocycles. The maximum absolute atomic E-state index is 16.0. The molecule has 3 aliphatic rings. The van der Waals surface area contributed by atoms with Gasteiger partial charge in [-0.05, 0) is 12.1 Å². The van der Waals surface area contributed by atoms with Crippen LogP contribution in [0.2, 0.25) is 0 Å². The topological polar surface area (TPSA) is 223 Å². The van der Waals surface area contributed by atoms with Gasteiger partial charge in [-0.15, -0.1) is 0 Å². The zero-order valence-corrected chi connectivity index (χ0v) is 25.8. The molecule has 3 saturated heterocycles. The first kappa shape index (κ1) is 30.3. The summed E-state index contributed by atoms with van der Waals surface area (Å²) >= 11 is 8.13. The van der Waals surface area contributed by atoms with Gasteiger partial charge in [-0.25, -0.2) is 33.5 Å². The fourth-order valence-electron chi connectivity index (χ4n) is 5.47. The number of fused-ring (bicyclic) bond motifs is 5. The Hall–Kier alpha value is -2.35. The number of hydrogen-bond donors (Lipinski definition) is 5. The second-order valence-electron chi connectivity index (χ2n) is 10.2. The summed E-state index contributed by atoms with van der Waals surface area (Å²) in [6.07, 6.45) is -5.92. The molecule has 0 saturated carbocycles. The van der Waals surface area contributed by atoms with Gasteiger partial charge in [0, 0.05) is 12.4 Å². The van der Waals surface area contributed by atoms with Gasteiger partial charge in [0.1, 0.15) is 66.1 Å². The van der Waals surface area contributed by atoms with Crippen molar-refractivity contribution in [2.45, 2.75) is 49.1 Å². The third-order valence-corrected chi connectivity index (χ3v) is 10.8. The molecular weight excluding hydrogens is 665 g/mol. The molecule has 17 nitrogen and oxygen atoms in total. The van der Waals surface area contributed by atoms with Crippen LogP contribution in [-0.2, 0) is 36.7 Å². The number of nitrogens with zero attached hydrogens (tertiary/aromatic N) is 6. The van der Waals surface area contributed by atoms with Gasteiger partial charge in [0.2, 0.25) is 0 Å². The molecule has 7 rings (SSSR count). The van der Waals surface area contributed by atoms with E-state index in [1.807, 2.05) is 0 Å². The summed E-state index contributed by atoms with van der Waals surface area (Å²) in [5.41, 5.74) is 12.5. The van der Waals surface area contributed by atoms with Crippen molar-refractivity contribution in [2.24, 2.45) is 0 Å². The number of anilines is 2. The Labute approximate surface area is 257 Å². The number of ether oxygens (including phenoxy) is 2. The summed E-state index contributed by atoms with van der Waals surface area (Å²) in [6, 6.07) is 3.21. The molecule has 0 spiro atoms. The number of nitrogen functional groups attached to an aromatic ring is 2. The number of rotatable bonds is 2. The monoisotopic (exact) mass is 690 g/mol. The number of hydrogen-bond acceptors (Lipinski definition) is 15. The van der Waals surface area contributed by atoms with Gasteiger partial charge in [-0.3, -0.25) is 18.1 Å². The minimum Gasteiger partial charge on any atom is -0.387 e. The Balaban J connectivity index is 1.20. The van der Waals surface area contributed by atoms with Gasteiger partial charge in [0.15, 0.2) is 18.6 Å². The van der Waals surface area contributed by atoms with Crippen molar-refractivity contribution in [1.29, 1.82) is 0 Å². The van der Waals surface area contributed by atoms with Crippen LogP contribution in [0.25, 0.3) is 22.1 Å². The zero-order chi connectivity index (χ0) is 31.0. The van der Waals surface area contributed by atoms with Crippen LogP contribution in [0.4, 0.5) is 16.0 Å². The molecular formula is C22H25FN8O9P2S2. The number of aliphatic hydroxyl groups excluding tert-OH is 1. The van der Waals surface area contributed by atoms with Gasteiger partial charge in [-0.2, -0.15) is 0 Å². The maximum atomic E-state index is 16.0. The molecule has 236 valence electrons. The van der Waals surface area contributed by atoms with Crippen molar-refractivity contribution in [2.75, 3.05) is 24.7 Å². The lowest BCUT2D eigenvalue weighted by Gasteiger charge is -2.26. The molecule has 0 amide bonds. The smallest absolute Gasteiger partial charge is 0.386 e. The maximum Gasteiger partial charge on any atom is 0.386 e. The van der Waals surface area contributed by atoms with E-state index in [-0.39, 0.29) is 17.3 Å². The summed E-state index contributed by atoms with van der Waals surface area (Å²) in [7, 11) is 0. The lowest BCUT2D eigenvalue weighted by Crippen LogP contribution is -2.35. The van der Waals surface area contributed by atoms with Crippen molar-refractivity contribution in [3.8, 4) is 0 Å². The molecule has 3 fully saturated rings. The van der Waals surface area contributed by atoms with E-state index >= 15 is 4.39 Å². The van der Waals surface area contributed by atoms with E-state index in [1.54, 1.807) is 18.3 Å². The van der Waals surface area contributed by atoms with Crippen molar-refractivity contribution >= 4 is 71.8 Å². The van der Waals surface area contributed by atoms with Crippen molar-refractivity contribution in [3.63, 3.8) is 0 Å². The van der Waals surface area contributed by atoms with Gasteiger partial charge >= 0.3 is 13.6 Å². The molecule has 0 aromatic carbocycles. The van der Waals surface area contributed by atoms with E-state index in [1.165, 1.54) is 28.0 Å². The van der Waals surface area contributed by atoms with Crippen LogP contribution in [0, 0.1) is 0 Å². The SMILES string of the molecule is Nc1ncnc2c1ccn2[C@@H]1OC2COP(=O)(S)O[C@@H]3[C@H](O)[C@@H](COP(=O)(S)O[C@H]2[C@H]1F)O[C@H]3n1ccc2c(N)ncnc21. The van der Waals surface area contributed by atoms with Crippen LogP contribution in [0.5, 0.6) is 0 Å². The highest BCUT2D eigenvalue weighted by Crippen LogP contribution is 2.60. The fourth-order valence-corrected chi connectivity index (χ4v) is 8.41. The summed E-state index contributed by atoms with van der Waals surface area (Å²) < 4.78 is 79.9. The molecule has 7 heterocycles. The second-order valence-corrected chi connectivity index (χ2v) is 15.9. The van der Waals surface area contributed by atoms with Gasteiger partial charge < -0.3 is 35.2 Å². The first-order valence-corrected chi connectivity index (χ1v) is 18.4. The minimum atomic E-state index is -4.34. The van der Waals surface area contributed by atoms with Gasteiger partial charge in [0.05, 0.1) is 24.0 Å².